The highest BCUT2D eigenvalue weighted by molar-refractivity contribution is 7.94. The summed E-state index contributed by atoms with van der Waals surface area (Å²) in [5, 5.41) is 4.18. The summed E-state index contributed by atoms with van der Waals surface area (Å²) in [7, 11) is -7.71. The van der Waals surface area contributed by atoms with Crippen molar-refractivity contribution >= 4 is 48.7 Å². The Balaban J connectivity index is 1.82. The summed E-state index contributed by atoms with van der Waals surface area (Å²) in [6.07, 6.45) is 0. The van der Waals surface area contributed by atoms with Crippen LogP contribution in [0.4, 0.5) is 15.8 Å². The van der Waals surface area contributed by atoms with Gasteiger partial charge in [-0.2, -0.15) is 4.31 Å². The number of amides is 1. The van der Waals surface area contributed by atoms with Crippen molar-refractivity contribution in [1.82, 2.24) is 4.31 Å². The van der Waals surface area contributed by atoms with Crippen LogP contribution in [0.2, 0.25) is 0 Å². The first-order chi connectivity index (χ1) is 16.1. The number of thiophene rings is 1. The molecule has 0 aliphatic rings. The Morgan fingerprint density at radius 2 is 1.53 bits per heavy atom. The number of carbonyl (C=O) groups excluding carboxylic acids is 1. The second kappa shape index (κ2) is 10.6. The molecule has 0 atom stereocenters. The van der Waals surface area contributed by atoms with E-state index in [0.29, 0.717) is 18.8 Å². The van der Waals surface area contributed by atoms with Gasteiger partial charge in [-0.05, 0) is 60.0 Å². The van der Waals surface area contributed by atoms with E-state index in [0.717, 1.165) is 27.8 Å². The third-order valence-electron chi connectivity index (χ3n) is 4.92. The van der Waals surface area contributed by atoms with Crippen LogP contribution in [-0.4, -0.2) is 46.7 Å². The van der Waals surface area contributed by atoms with Crippen molar-refractivity contribution in [1.29, 1.82) is 0 Å². The zero-order valence-corrected chi connectivity index (χ0v) is 21.0. The molecular formula is C22H24FN3O5S3. The quantitative estimate of drug-likeness (QED) is 0.434. The highest BCUT2D eigenvalue weighted by Crippen LogP contribution is 2.27. The Labute approximate surface area is 202 Å². The summed E-state index contributed by atoms with van der Waals surface area (Å²) < 4.78 is 67.1. The van der Waals surface area contributed by atoms with Crippen molar-refractivity contribution < 1.29 is 26.0 Å². The lowest BCUT2D eigenvalue weighted by atomic mass is 10.3. The summed E-state index contributed by atoms with van der Waals surface area (Å²) in [5.41, 5.74) is 0.432. The number of nitrogens with one attached hydrogen (secondary N) is 1. The van der Waals surface area contributed by atoms with E-state index in [1.54, 1.807) is 25.3 Å². The summed E-state index contributed by atoms with van der Waals surface area (Å²) >= 11 is 1.00. The van der Waals surface area contributed by atoms with Gasteiger partial charge >= 0.3 is 0 Å². The Kier molecular flexibility index (Phi) is 8.08. The lowest BCUT2D eigenvalue weighted by Gasteiger charge is -2.23. The monoisotopic (exact) mass is 525 g/mol. The van der Waals surface area contributed by atoms with Gasteiger partial charge in [-0.25, -0.2) is 21.2 Å². The normalized spacial score (nSPS) is 12.0. The van der Waals surface area contributed by atoms with Crippen LogP contribution < -0.4 is 9.62 Å². The summed E-state index contributed by atoms with van der Waals surface area (Å²) in [6.45, 7) is 3.58. The molecule has 2 aromatic carbocycles. The number of rotatable bonds is 10. The van der Waals surface area contributed by atoms with Gasteiger partial charge in [0.05, 0.1) is 10.6 Å². The molecular weight excluding hydrogens is 501 g/mol. The number of carbonyl (C=O) groups is 1. The fourth-order valence-electron chi connectivity index (χ4n) is 3.20. The largest absolute Gasteiger partial charge is 0.325 e. The molecule has 8 nitrogen and oxygen atoms in total. The third kappa shape index (κ3) is 5.63. The number of nitrogens with zero attached hydrogens (tertiary/aromatic N) is 2. The maximum atomic E-state index is 13.4. The first-order valence-corrected chi connectivity index (χ1v) is 14.1. The maximum Gasteiger partial charge on any atom is 0.274 e. The lowest BCUT2D eigenvalue weighted by Crippen LogP contribution is -2.37. The van der Waals surface area contributed by atoms with Crippen LogP contribution in [0.25, 0.3) is 0 Å². The first-order valence-electron chi connectivity index (χ1n) is 10.3. The first kappa shape index (κ1) is 25.8. The number of anilines is 2. The third-order valence-corrected chi connectivity index (χ3v) is 10.1. The van der Waals surface area contributed by atoms with Crippen LogP contribution in [0.3, 0.4) is 0 Å². The number of hydrogen-bond donors (Lipinski definition) is 1. The second-order valence-electron chi connectivity index (χ2n) is 7.08. The highest BCUT2D eigenvalue weighted by Gasteiger charge is 2.28. The zero-order chi connectivity index (χ0) is 24.9. The van der Waals surface area contributed by atoms with E-state index in [9.17, 15) is 26.0 Å². The van der Waals surface area contributed by atoms with Crippen LogP contribution in [0.1, 0.15) is 13.8 Å². The van der Waals surface area contributed by atoms with Crippen LogP contribution in [-0.2, 0) is 24.8 Å². The predicted octanol–water partition coefficient (Wildman–Crippen LogP) is 3.75. The molecule has 0 radical (unpaired) electrons. The minimum absolute atomic E-state index is 0.0376. The molecule has 0 bridgehead atoms. The van der Waals surface area contributed by atoms with Gasteiger partial charge in [0, 0.05) is 18.8 Å². The van der Waals surface area contributed by atoms with Crippen LogP contribution in [0, 0.1) is 5.82 Å². The zero-order valence-electron chi connectivity index (χ0n) is 18.5. The molecule has 1 amide bonds. The summed E-state index contributed by atoms with van der Waals surface area (Å²) in [4.78, 5) is 12.8. The molecule has 0 spiro atoms. The molecule has 3 rings (SSSR count). The smallest absolute Gasteiger partial charge is 0.274 e. The highest BCUT2D eigenvalue weighted by atomic mass is 32.2. The molecule has 3 aromatic rings. The average molecular weight is 526 g/mol. The minimum Gasteiger partial charge on any atom is -0.325 e. The molecule has 0 fully saturated rings. The predicted molar refractivity (Wildman–Crippen MR) is 130 cm³/mol. The summed E-state index contributed by atoms with van der Waals surface area (Å²) in [5.74, 6) is -1.19. The van der Waals surface area contributed by atoms with Crippen LogP contribution in [0.5, 0.6) is 0 Å². The number of benzene rings is 2. The van der Waals surface area contributed by atoms with Gasteiger partial charge in [0.2, 0.25) is 15.9 Å². The lowest BCUT2D eigenvalue weighted by molar-refractivity contribution is -0.114. The standard InChI is InChI=1S/C22H24FN3O5S3/c1-3-25(4-2)33(28,29)20-13-9-18(10-14-20)24-21(27)16-26(19-11-7-17(23)8-12-19)34(30,31)22-6-5-15-32-22/h5-15H,3-4,16H2,1-2H3,(H,24,27). The fraction of sp³-hybridized carbons (Fsp3) is 0.227. The van der Waals surface area contributed by atoms with Crippen molar-refractivity contribution in [3.05, 3.63) is 71.9 Å². The van der Waals surface area contributed by atoms with Crippen molar-refractivity contribution in [2.75, 3.05) is 29.3 Å². The molecule has 0 saturated heterocycles. The molecule has 12 heteroatoms. The SMILES string of the molecule is CCN(CC)S(=O)(=O)c1ccc(NC(=O)CN(c2ccc(F)cc2)S(=O)(=O)c2cccs2)cc1. The van der Waals surface area contributed by atoms with E-state index in [2.05, 4.69) is 5.32 Å². The van der Waals surface area contributed by atoms with E-state index in [1.807, 2.05) is 0 Å². The molecule has 1 aromatic heterocycles. The molecule has 34 heavy (non-hydrogen) atoms. The van der Waals surface area contributed by atoms with Gasteiger partial charge in [-0.3, -0.25) is 9.10 Å². The van der Waals surface area contributed by atoms with Gasteiger partial charge in [0.15, 0.2) is 0 Å². The van der Waals surface area contributed by atoms with Gasteiger partial charge < -0.3 is 5.32 Å². The summed E-state index contributed by atoms with van der Waals surface area (Å²) in [6, 6.07) is 13.4. The molecule has 182 valence electrons. The molecule has 1 heterocycles. The van der Waals surface area contributed by atoms with Crippen molar-refractivity contribution in [3.63, 3.8) is 0 Å². The fourth-order valence-corrected chi connectivity index (χ4v) is 7.18. The molecule has 0 aliphatic carbocycles. The van der Waals surface area contributed by atoms with E-state index in [-0.39, 0.29) is 14.8 Å². The number of halogens is 1. The van der Waals surface area contributed by atoms with E-state index in [1.165, 1.54) is 46.8 Å². The Morgan fingerprint density at radius 3 is 2.06 bits per heavy atom. The van der Waals surface area contributed by atoms with Crippen LogP contribution in [0.15, 0.2) is 75.1 Å². The van der Waals surface area contributed by atoms with E-state index in [4.69, 9.17) is 0 Å². The van der Waals surface area contributed by atoms with Gasteiger partial charge in [0.25, 0.3) is 10.0 Å². The Morgan fingerprint density at radius 1 is 0.912 bits per heavy atom. The molecule has 0 unspecified atom stereocenters. The Hall–Kier alpha value is -2.80. The molecule has 1 N–H and O–H groups in total. The average Bonchev–Trinajstić information content (AvgIpc) is 3.35. The Bertz CT molecular complexity index is 1320. The molecule has 0 saturated carbocycles. The topological polar surface area (TPSA) is 104 Å². The van der Waals surface area contributed by atoms with Crippen LogP contribution >= 0.6 is 11.3 Å². The molecule has 0 aliphatic heterocycles. The van der Waals surface area contributed by atoms with Crippen molar-refractivity contribution in [2.24, 2.45) is 0 Å². The number of sulfonamides is 2. The van der Waals surface area contributed by atoms with E-state index < -0.39 is 38.3 Å². The van der Waals surface area contributed by atoms with Gasteiger partial charge in [-0.15, -0.1) is 11.3 Å². The van der Waals surface area contributed by atoms with Crippen molar-refractivity contribution in [3.8, 4) is 0 Å². The number of hydrogen-bond acceptors (Lipinski definition) is 6. The minimum atomic E-state index is -4.07. The van der Waals surface area contributed by atoms with Gasteiger partial charge in [0.1, 0.15) is 16.6 Å². The van der Waals surface area contributed by atoms with Crippen molar-refractivity contribution in [2.45, 2.75) is 23.0 Å². The van der Waals surface area contributed by atoms with Gasteiger partial charge in [-0.1, -0.05) is 19.9 Å². The van der Waals surface area contributed by atoms with E-state index >= 15 is 0 Å². The second-order valence-corrected chi connectivity index (χ2v) is 12.1. The maximum absolute atomic E-state index is 13.4.